The van der Waals surface area contributed by atoms with Crippen molar-refractivity contribution in [2.75, 3.05) is 7.11 Å². The first-order chi connectivity index (χ1) is 7.72. The molecule has 0 atom stereocenters. The van der Waals surface area contributed by atoms with Gasteiger partial charge < -0.3 is 4.74 Å². The third kappa shape index (κ3) is 1.91. The second-order valence-electron chi connectivity index (χ2n) is 3.85. The fraction of sp³-hybridized carbons (Fsp3) is 0.214. The number of hydrogen-bond acceptors (Lipinski definition) is 2. The SMILES string of the molecule is COc1ccc2ccccc2c1CC(C)=O. The van der Waals surface area contributed by atoms with Crippen molar-refractivity contribution in [1.82, 2.24) is 0 Å². The van der Waals surface area contributed by atoms with Crippen LogP contribution in [0.15, 0.2) is 36.4 Å². The van der Waals surface area contributed by atoms with Crippen molar-refractivity contribution in [3.05, 3.63) is 42.0 Å². The lowest BCUT2D eigenvalue weighted by Crippen LogP contribution is -2.00. The number of rotatable bonds is 3. The van der Waals surface area contributed by atoms with Crippen LogP contribution in [-0.2, 0) is 11.2 Å². The molecule has 0 radical (unpaired) electrons. The highest BCUT2D eigenvalue weighted by Crippen LogP contribution is 2.28. The van der Waals surface area contributed by atoms with Gasteiger partial charge in [0, 0.05) is 12.0 Å². The van der Waals surface area contributed by atoms with Gasteiger partial charge in [0.1, 0.15) is 11.5 Å². The van der Waals surface area contributed by atoms with Crippen molar-refractivity contribution < 1.29 is 9.53 Å². The third-order valence-corrected chi connectivity index (χ3v) is 2.64. The van der Waals surface area contributed by atoms with Gasteiger partial charge in [-0.1, -0.05) is 30.3 Å². The third-order valence-electron chi connectivity index (χ3n) is 2.64. The molecular weight excluding hydrogens is 200 g/mol. The molecule has 0 aliphatic heterocycles. The van der Waals surface area contributed by atoms with Gasteiger partial charge >= 0.3 is 0 Å². The molecule has 0 bridgehead atoms. The van der Waals surface area contributed by atoms with Crippen molar-refractivity contribution in [3.63, 3.8) is 0 Å². The first-order valence-electron chi connectivity index (χ1n) is 5.26. The van der Waals surface area contributed by atoms with Gasteiger partial charge in [0.25, 0.3) is 0 Å². The summed E-state index contributed by atoms with van der Waals surface area (Å²) < 4.78 is 5.30. The minimum Gasteiger partial charge on any atom is -0.496 e. The number of carbonyl (C=O) groups is 1. The van der Waals surface area contributed by atoms with E-state index in [1.807, 2.05) is 36.4 Å². The van der Waals surface area contributed by atoms with Crippen molar-refractivity contribution in [1.29, 1.82) is 0 Å². The number of ether oxygens (including phenoxy) is 1. The van der Waals surface area contributed by atoms with E-state index in [-0.39, 0.29) is 5.78 Å². The van der Waals surface area contributed by atoms with Crippen LogP contribution in [-0.4, -0.2) is 12.9 Å². The molecule has 0 fully saturated rings. The van der Waals surface area contributed by atoms with Crippen LogP contribution >= 0.6 is 0 Å². The molecule has 0 saturated carbocycles. The first-order valence-corrected chi connectivity index (χ1v) is 5.26. The molecule has 0 aromatic heterocycles. The van der Waals surface area contributed by atoms with Gasteiger partial charge in [0.05, 0.1) is 7.11 Å². The number of methoxy groups -OCH3 is 1. The Morgan fingerprint density at radius 3 is 2.62 bits per heavy atom. The van der Waals surface area contributed by atoms with Gasteiger partial charge in [0.2, 0.25) is 0 Å². The smallest absolute Gasteiger partial charge is 0.134 e. The van der Waals surface area contributed by atoms with E-state index in [0.717, 1.165) is 22.1 Å². The highest BCUT2D eigenvalue weighted by atomic mass is 16.5. The maximum atomic E-state index is 11.3. The number of benzene rings is 2. The van der Waals surface area contributed by atoms with Crippen LogP contribution in [0.25, 0.3) is 10.8 Å². The minimum absolute atomic E-state index is 0.148. The lowest BCUT2D eigenvalue weighted by atomic mass is 10.00. The fourth-order valence-corrected chi connectivity index (χ4v) is 1.94. The summed E-state index contributed by atoms with van der Waals surface area (Å²) in [6, 6.07) is 12.0. The fourth-order valence-electron chi connectivity index (χ4n) is 1.94. The summed E-state index contributed by atoms with van der Waals surface area (Å²) in [5.74, 6) is 0.934. The lowest BCUT2D eigenvalue weighted by Gasteiger charge is -2.10. The van der Waals surface area contributed by atoms with E-state index < -0.39 is 0 Å². The zero-order valence-electron chi connectivity index (χ0n) is 9.49. The Labute approximate surface area is 94.8 Å². The second-order valence-corrected chi connectivity index (χ2v) is 3.85. The van der Waals surface area contributed by atoms with Crippen LogP contribution in [0.2, 0.25) is 0 Å². The van der Waals surface area contributed by atoms with Crippen molar-refractivity contribution >= 4 is 16.6 Å². The second kappa shape index (κ2) is 4.35. The van der Waals surface area contributed by atoms with Crippen molar-refractivity contribution in [3.8, 4) is 5.75 Å². The van der Waals surface area contributed by atoms with Gasteiger partial charge in [-0.3, -0.25) is 4.79 Å². The number of Topliss-reactive ketones (excluding diaryl/α,β-unsaturated/α-hetero) is 1. The predicted molar refractivity (Wildman–Crippen MR) is 64.9 cm³/mol. The van der Waals surface area contributed by atoms with Gasteiger partial charge in [-0.2, -0.15) is 0 Å². The van der Waals surface area contributed by atoms with Crippen LogP contribution in [0, 0.1) is 0 Å². The molecule has 2 aromatic carbocycles. The zero-order chi connectivity index (χ0) is 11.5. The molecule has 0 saturated heterocycles. The molecule has 0 amide bonds. The number of ketones is 1. The molecule has 2 nitrogen and oxygen atoms in total. The standard InChI is InChI=1S/C14H14O2/c1-10(15)9-13-12-6-4-3-5-11(12)7-8-14(13)16-2/h3-8H,9H2,1-2H3. The maximum Gasteiger partial charge on any atom is 0.134 e. The van der Waals surface area contributed by atoms with Crippen LogP contribution in [0.3, 0.4) is 0 Å². The molecule has 0 N–H and O–H groups in total. The molecular formula is C14H14O2. The normalized spacial score (nSPS) is 10.4. The summed E-state index contributed by atoms with van der Waals surface area (Å²) in [5, 5.41) is 2.23. The summed E-state index contributed by atoms with van der Waals surface area (Å²) >= 11 is 0. The number of hydrogen-bond donors (Lipinski definition) is 0. The van der Waals surface area contributed by atoms with Crippen LogP contribution < -0.4 is 4.74 Å². The Hall–Kier alpha value is -1.83. The number of fused-ring (bicyclic) bond motifs is 1. The molecule has 16 heavy (non-hydrogen) atoms. The first kappa shape index (κ1) is 10.7. The molecule has 0 aliphatic rings. The van der Waals surface area contributed by atoms with E-state index in [4.69, 9.17) is 4.74 Å². The van der Waals surface area contributed by atoms with Gasteiger partial charge in [-0.15, -0.1) is 0 Å². The van der Waals surface area contributed by atoms with E-state index in [9.17, 15) is 4.79 Å². The Balaban J connectivity index is 2.67. The molecule has 0 spiro atoms. The van der Waals surface area contributed by atoms with E-state index in [1.54, 1.807) is 14.0 Å². The Kier molecular flexibility index (Phi) is 2.91. The van der Waals surface area contributed by atoms with Gasteiger partial charge in [-0.25, -0.2) is 0 Å². The molecule has 2 aromatic rings. The average Bonchev–Trinajstić information content (AvgIpc) is 2.29. The molecule has 0 unspecified atom stereocenters. The van der Waals surface area contributed by atoms with Crippen LogP contribution in [0.4, 0.5) is 0 Å². The molecule has 82 valence electrons. The minimum atomic E-state index is 0.148. The topological polar surface area (TPSA) is 26.3 Å². The van der Waals surface area contributed by atoms with Crippen LogP contribution in [0.5, 0.6) is 5.75 Å². The van der Waals surface area contributed by atoms with Crippen molar-refractivity contribution in [2.24, 2.45) is 0 Å². The Morgan fingerprint density at radius 1 is 1.19 bits per heavy atom. The summed E-state index contributed by atoms with van der Waals surface area (Å²) in [6.45, 7) is 1.60. The van der Waals surface area contributed by atoms with Crippen molar-refractivity contribution in [2.45, 2.75) is 13.3 Å². The van der Waals surface area contributed by atoms with Gasteiger partial charge in [-0.05, 0) is 23.8 Å². The summed E-state index contributed by atoms with van der Waals surface area (Å²) in [7, 11) is 1.63. The molecule has 0 heterocycles. The van der Waals surface area contributed by atoms with E-state index in [1.165, 1.54) is 0 Å². The summed E-state index contributed by atoms with van der Waals surface area (Å²) in [5.41, 5.74) is 0.980. The zero-order valence-corrected chi connectivity index (χ0v) is 9.49. The van der Waals surface area contributed by atoms with Gasteiger partial charge in [0.15, 0.2) is 0 Å². The largest absolute Gasteiger partial charge is 0.496 e. The van der Waals surface area contributed by atoms with E-state index in [2.05, 4.69) is 0 Å². The summed E-state index contributed by atoms with van der Waals surface area (Å²) in [6.07, 6.45) is 0.421. The van der Waals surface area contributed by atoms with E-state index in [0.29, 0.717) is 6.42 Å². The Bertz CT molecular complexity index is 529. The highest BCUT2D eigenvalue weighted by Gasteiger charge is 2.09. The molecule has 0 aliphatic carbocycles. The monoisotopic (exact) mass is 214 g/mol. The molecule has 2 rings (SSSR count). The van der Waals surface area contributed by atoms with E-state index >= 15 is 0 Å². The lowest BCUT2D eigenvalue weighted by molar-refractivity contribution is -0.116. The maximum absolute atomic E-state index is 11.3. The summed E-state index contributed by atoms with van der Waals surface area (Å²) in [4.78, 5) is 11.3. The Morgan fingerprint density at radius 2 is 1.94 bits per heavy atom. The molecule has 2 heteroatoms. The highest BCUT2D eigenvalue weighted by molar-refractivity contribution is 5.92. The van der Waals surface area contributed by atoms with Crippen LogP contribution in [0.1, 0.15) is 12.5 Å². The predicted octanol–water partition coefficient (Wildman–Crippen LogP) is 2.98. The quantitative estimate of drug-likeness (QED) is 0.785. The number of carbonyl (C=O) groups excluding carboxylic acids is 1. The average molecular weight is 214 g/mol.